The standard InChI is InChI=1S/C14H19NO2/c1-6-15-11-8-10(14(3,4)5)7-9(2)12(11)17-13(15)16/h7-8H,6H2,1-5H3. The van der Waals surface area contributed by atoms with Crippen LogP contribution >= 0.6 is 0 Å². The van der Waals surface area contributed by atoms with Gasteiger partial charge in [0, 0.05) is 6.54 Å². The molecule has 0 N–H and O–H groups in total. The Labute approximate surface area is 101 Å². The van der Waals surface area contributed by atoms with Crippen LogP contribution in [0.1, 0.15) is 38.8 Å². The van der Waals surface area contributed by atoms with E-state index in [1.807, 2.05) is 13.8 Å². The van der Waals surface area contributed by atoms with Crippen molar-refractivity contribution in [2.24, 2.45) is 0 Å². The molecule has 0 radical (unpaired) electrons. The molecule has 3 nitrogen and oxygen atoms in total. The number of nitrogens with zero attached hydrogens (tertiary/aromatic N) is 1. The zero-order valence-electron chi connectivity index (χ0n) is 11.1. The molecule has 3 heteroatoms. The van der Waals surface area contributed by atoms with E-state index in [-0.39, 0.29) is 11.2 Å². The molecule has 0 spiro atoms. The lowest BCUT2D eigenvalue weighted by Crippen LogP contribution is -2.14. The van der Waals surface area contributed by atoms with E-state index >= 15 is 0 Å². The first-order valence-corrected chi connectivity index (χ1v) is 5.99. The molecule has 0 saturated carbocycles. The highest BCUT2D eigenvalue weighted by Crippen LogP contribution is 2.28. The molecular formula is C14H19NO2. The minimum absolute atomic E-state index is 0.0742. The van der Waals surface area contributed by atoms with Gasteiger partial charge in [0.15, 0.2) is 5.58 Å². The van der Waals surface area contributed by atoms with E-state index in [9.17, 15) is 4.79 Å². The van der Waals surface area contributed by atoms with Gasteiger partial charge in [-0.1, -0.05) is 26.8 Å². The summed E-state index contributed by atoms with van der Waals surface area (Å²) in [5, 5.41) is 0. The lowest BCUT2D eigenvalue weighted by Gasteiger charge is -2.19. The summed E-state index contributed by atoms with van der Waals surface area (Å²) in [6, 6.07) is 4.17. The predicted octanol–water partition coefficient (Wildman–Crippen LogP) is 3.22. The quantitative estimate of drug-likeness (QED) is 0.758. The summed E-state index contributed by atoms with van der Waals surface area (Å²) < 4.78 is 6.97. The Balaban J connectivity index is 2.84. The van der Waals surface area contributed by atoms with Crippen LogP contribution < -0.4 is 5.76 Å². The maximum Gasteiger partial charge on any atom is 0.419 e. The lowest BCUT2D eigenvalue weighted by atomic mass is 9.86. The van der Waals surface area contributed by atoms with E-state index in [1.165, 1.54) is 5.56 Å². The van der Waals surface area contributed by atoms with Crippen LogP contribution in [0.2, 0.25) is 0 Å². The Morgan fingerprint density at radius 3 is 2.47 bits per heavy atom. The summed E-state index contributed by atoms with van der Waals surface area (Å²) in [5.74, 6) is -0.267. The monoisotopic (exact) mass is 233 g/mol. The molecule has 2 aromatic rings. The van der Waals surface area contributed by atoms with Gasteiger partial charge in [-0.05, 0) is 36.5 Å². The third-order valence-corrected chi connectivity index (χ3v) is 3.14. The average Bonchev–Trinajstić information content (AvgIpc) is 2.53. The molecule has 0 unspecified atom stereocenters. The van der Waals surface area contributed by atoms with E-state index < -0.39 is 0 Å². The zero-order chi connectivity index (χ0) is 12.8. The van der Waals surface area contributed by atoms with Crippen LogP contribution in [-0.2, 0) is 12.0 Å². The van der Waals surface area contributed by atoms with E-state index in [0.717, 1.165) is 11.1 Å². The van der Waals surface area contributed by atoms with E-state index in [0.29, 0.717) is 12.1 Å². The smallest absolute Gasteiger partial charge is 0.407 e. The Morgan fingerprint density at radius 1 is 1.29 bits per heavy atom. The maximum atomic E-state index is 11.7. The summed E-state index contributed by atoms with van der Waals surface area (Å²) in [4.78, 5) is 11.7. The first-order valence-electron chi connectivity index (χ1n) is 5.99. The van der Waals surface area contributed by atoms with Gasteiger partial charge in [-0.25, -0.2) is 4.79 Å². The van der Waals surface area contributed by atoms with Gasteiger partial charge in [0.1, 0.15) is 0 Å². The molecule has 0 bridgehead atoms. The summed E-state index contributed by atoms with van der Waals surface area (Å²) in [5.41, 5.74) is 3.94. The minimum atomic E-state index is -0.267. The number of aryl methyl sites for hydroxylation is 2. The van der Waals surface area contributed by atoms with Crippen molar-refractivity contribution in [1.29, 1.82) is 0 Å². The second-order valence-corrected chi connectivity index (χ2v) is 5.50. The molecule has 0 aliphatic rings. The summed E-state index contributed by atoms with van der Waals surface area (Å²) in [7, 11) is 0. The van der Waals surface area contributed by atoms with Gasteiger partial charge in [-0.2, -0.15) is 0 Å². The highest BCUT2D eigenvalue weighted by Gasteiger charge is 2.18. The molecule has 0 saturated heterocycles. The molecule has 0 amide bonds. The number of aromatic nitrogens is 1. The molecule has 0 fully saturated rings. The van der Waals surface area contributed by atoms with Gasteiger partial charge in [0.05, 0.1) is 5.52 Å². The van der Waals surface area contributed by atoms with Crippen molar-refractivity contribution in [3.63, 3.8) is 0 Å². The number of benzene rings is 1. The van der Waals surface area contributed by atoms with Crippen LogP contribution in [-0.4, -0.2) is 4.57 Å². The lowest BCUT2D eigenvalue weighted by molar-refractivity contribution is 0.512. The van der Waals surface area contributed by atoms with Crippen LogP contribution in [0.25, 0.3) is 11.1 Å². The second kappa shape index (κ2) is 3.76. The summed E-state index contributed by atoms with van der Waals surface area (Å²) in [6.07, 6.45) is 0. The fraction of sp³-hybridized carbons (Fsp3) is 0.500. The van der Waals surface area contributed by atoms with Crippen LogP contribution in [0.4, 0.5) is 0 Å². The average molecular weight is 233 g/mol. The van der Waals surface area contributed by atoms with Gasteiger partial charge in [-0.3, -0.25) is 4.57 Å². The molecule has 1 heterocycles. The van der Waals surface area contributed by atoms with Crippen molar-refractivity contribution >= 4 is 11.1 Å². The molecule has 1 aromatic heterocycles. The third kappa shape index (κ3) is 1.90. The van der Waals surface area contributed by atoms with Crippen LogP contribution in [0.5, 0.6) is 0 Å². The number of rotatable bonds is 1. The van der Waals surface area contributed by atoms with Gasteiger partial charge < -0.3 is 4.42 Å². The molecule has 92 valence electrons. The number of hydrogen-bond donors (Lipinski definition) is 0. The molecular weight excluding hydrogens is 214 g/mol. The van der Waals surface area contributed by atoms with Crippen LogP contribution in [0.3, 0.4) is 0 Å². The fourth-order valence-corrected chi connectivity index (χ4v) is 2.06. The Morgan fingerprint density at radius 2 is 1.94 bits per heavy atom. The molecule has 0 aliphatic carbocycles. The van der Waals surface area contributed by atoms with E-state index in [2.05, 4.69) is 32.9 Å². The Hall–Kier alpha value is -1.51. The molecule has 1 aromatic carbocycles. The normalized spacial score (nSPS) is 12.3. The predicted molar refractivity (Wildman–Crippen MR) is 69.6 cm³/mol. The van der Waals surface area contributed by atoms with Gasteiger partial charge in [0.2, 0.25) is 0 Å². The molecule has 2 rings (SSSR count). The van der Waals surface area contributed by atoms with Crippen molar-refractivity contribution in [1.82, 2.24) is 4.57 Å². The van der Waals surface area contributed by atoms with Gasteiger partial charge >= 0.3 is 5.76 Å². The van der Waals surface area contributed by atoms with E-state index in [1.54, 1.807) is 4.57 Å². The minimum Gasteiger partial charge on any atom is -0.407 e. The van der Waals surface area contributed by atoms with Crippen molar-refractivity contribution in [3.05, 3.63) is 33.8 Å². The number of oxazole rings is 1. The van der Waals surface area contributed by atoms with Crippen LogP contribution in [0, 0.1) is 6.92 Å². The van der Waals surface area contributed by atoms with Crippen molar-refractivity contribution in [2.45, 2.75) is 46.6 Å². The fourth-order valence-electron chi connectivity index (χ4n) is 2.06. The molecule has 17 heavy (non-hydrogen) atoms. The third-order valence-electron chi connectivity index (χ3n) is 3.14. The largest absolute Gasteiger partial charge is 0.419 e. The molecule has 0 aliphatic heterocycles. The number of hydrogen-bond acceptors (Lipinski definition) is 2. The first-order chi connectivity index (χ1) is 7.84. The van der Waals surface area contributed by atoms with Crippen molar-refractivity contribution < 1.29 is 4.42 Å². The Kier molecular flexibility index (Phi) is 2.64. The zero-order valence-corrected chi connectivity index (χ0v) is 11.1. The van der Waals surface area contributed by atoms with Crippen LogP contribution in [0.15, 0.2) is 21.3 Å². The Bertz CT molecular complexity index is 611. The van der Waals surface area contributed by atoms with Gasteiger partial charge in [0.25, 0.3) is 0 Å². The van der Waals surface area contributed by atoms with E-state index in [4.69, 9.17) is 4.42 Å². The SMILES string of the molecule is CCn1c(=O)oc2c(C)cc(C(C)(C)C)cc21. The topological polar surface area (TPSA) is 35.1 Å². The molecule has 0 atom stereocenters. The number of fused-ring (bicyclic) bond motifs is 1. The second-order valence-electron chi connectivity index (χ2n) is 5.50. The van der Waals surface area contributed by atoms with Crippen molar-refractivity contribution in [3.8, 4) is 0 Å². The first kappa shape index (κ1) is 12.0. The van der Waals surface area contributed by atoms with Gasteiger partial charge in [-0.15, -0.1) is 0 Å². The highest BCUT2D eigenvalue weighted by atomic mass is 16.4. The highest BCUT2D eigenvalue weighted by molar-refractivity contribution is 5.77. The van der Waals surface area contributed by atoms with Crippen molar-refractivity contribution in [2.75, 3.05) is 0 Å². The summed E-state index contributed by atoms with van der Waals surface area (Å²) >= 11 is 0. The maximum absolute atomic E-state index is 11.7. The summed E-state index contributed by atoms with van der Waals surface area (Å²) in [6.45, 7) is 11.1.